The molecule has 0 spiro atoms. The lowest BCUT2D eigenvalue weighted by atomic mass is 9.80. The second kappa shape index (κ2) is 10.2. The van der Waals surface area contributed by atoms with E-state index in [1.807, 2.05) is 66.7 Å². The fraction of sp³-hybridized carbons (Fsp3) is 0.122. The predicted molar refractivity (Wildman–Crippen MR) is 184 cm³/mol. The van der Waals surface area contributed by atoms with Crippen molar-refractivity contribution in [2.24, 2.45) is 0 Å². The zero-order valence-corrected chi connectivity index (χ0v) is 25.7. The topological polar surface area (TPSA) is 64.7 Å². The van der Waals surface area contributed by atoms with E-state index in [4.69, 9.17) is 24.4 Å². The molecule has 0 N–H and O–H groups in total. The quantitative estimate of drug-likeness (QED) is 0.203. The second-order valence-electron chi connectivity index (χ2n) is 12.6. The Morgan fingerprint density at radius 3 is 1.93 bits per heavy atom. The molecule has 0 unspecified atom stereocenters. The molecule has 0 radical (unpaired) electrons. The maximum Gasteiger partial charge on any atom is 0.226 e. The van der Waals surface area contributed by atoms with Gasteiger partial charge in [-0.05, 0) is 70.1 Å². The van der Waals surface area contributed by atoms with E-state index in [-0.39, 0.29) is 5.41 Å². The molecule has 0 amide bonds. The van der Waals surface area contributed by atoms with E-state index in [0.29, 0.717) is 23.4 Å². The number of aromatic nitrogens is 4. The third-order valence-electron chi connectivity index (χ3n) is 9.41. The van der Waals surface area contributed by atoms with Gasteiger partial charge in [0, 0.05) is 27.7 Å². The van der Waals surface area contributed by atoms with Crippen LogP contribution in [0.3, 0.4) is 0 Å². The molecule has 0 bridgehead atoms. The minimum absolute atomic E-state index is 0.275. The van der Waals surface area contributed by atoms with Crippen molar-refractivity contribution in [3.05, 3.63) is 138 Å². The first-order valence-corrected chi connectivity index (χ1v) is 15.8. The number of nitrogens with zero attached hydrogens (tertiary/aromatic N) is 4. The van der Waals surface area contributed by atoms with Gasteiger partial charge in [-0.3, -0.25) is 0 Å². The fourth-order valence-corrected chi connectivity index (χ4v) is 7.04. The Bertz CT molecular complexity index is 2280. The molecule has 46 heavy (non-hydrogen) atoms. The fourth-order valence-electron chi connectivity index (χ4n) is 7.04. The minimum atomic E-state index is -0.275. The van der Waals surface area contributed by atoms with Gasteiger partial charge in [-0.15, -0.1) is 0 Å². The molecule has 2 aromatic heterocycles. The monoisotopic (exact) mass is 594 g/mol. The molecule has 0 atom stereocenters. The summed E-state index contributed by atoms with van der Waals surface area (Å²) in [7, 11) is 0. The Morgan fingerprint density at radius 1 is 0.587 bits per heavy atom. The van der Waals surface area contributed by atoms with Crippen LogP contribution in [0.2, 0.25) is 0 Å². The molecule has 2 aliphatic carbocycles. The average molecular weight is 595 g/mol. The van der Waals surface area contributed by atoms with Crippen LogP contribution in [-0.4, -0.2) is 19.9 Å². The van der Waals surface area contributed by atoms with Gasteiger partial charge in [-0.1, -0.05) is 111 Å². The first kappa shape index (κ1) is 26.7. The van der Waals surface area contributed by atoms with E-state index in [0.717, 1.165) is 51.9 Å². The third-order valence-corrected chi connectivity index (χ3v) is 9.41. The standard InChI is InChI=1S/C41H30N4O/c1-41(2)32-23-27(40-42-34-19-11-12-20-35(34)46-40)21-22-30(32)36-29-18-10-9-17-28(29)31(24-33(36)41)39-44-37(25-13-5-3-6-14-25)43-38(45-39)26-15-7-4-8-16-26/h3-10,12-18,20-24H,11,19H2,1-2H3. The van der Waals surface area contributed by atoms with Gasteiger partial charge in [-0.2, -0.15) is 0 Å². The normalized spacial score (nSPS) is 14.2. The summed E-state index contributed by atoms with van der Waals surface area (Å²) in [5, 5.41) is 2.31. The Balaban J connectivity index is 1.25. The van der Waals surface area contributed by atoms with Crippen molar-refractivity contribution < 1.29 is 4.42 Å². The highest BCUT2D eigenvalue weighted by Crippen LogP contribution is 2.53. The van der Waals surface area contributed by atoms with Crippen molar-refractivity contribution in [1.29, 1.82) is 0 Å². The summed E-state index contributed by atoms with van der Waals surface area (Å²) < 4.78 is 6.22. The van der Waals surface area contributed by atoms with Gasteiger partial charge in [0.2, 0.25) is 5.89 Å². The maximum absolute atomic E-state index is 6.22. The van der Waals surface area contributed by atoms with Crippen molar-refractivity contribution in [2.45, 2.75) is 32.1 Å². The number of aryl methyl sites for hydroxylation is 1. The van der Waals surface area contributed by atoms with Crippen LogP contribution in [0.15, 0.2) is 120 Å². The number of benzene rings is 5. The predicted octanol–water partition coefficient (Wildman–Crippen LogP) is 9.95. The SMILES string of the molecule is CC1(C)c2cc(-c3nc4c(o3)C=CCC4)ccc2-c2c1cc(-c1nc(-c3ccccc3)nc(-c3ccccc3)n1)c1ccccc21. The molecule has 9 rings (SSSR count). The van der Waals surface area contributed by atoms with Gasteiger partial charge in [0.05, 0.1) is 5.69 Å². The first-order chi connectivity index (χ1) is 22.5. The lowest BCUT2D eigenvalue weighted by Crippen LogP contribution is -2.15. The third kappa shape index (κ3) is 4.16. The highest BCUT2D eigenvalue weighted by Gasteiger charge is 2.38. The molecule has 0 saturated heterocycles. The first-order valence-electron chi connectivity index (χ1n) is 15.8. The van der Waals surface area contributed by atoms with Crippen molar-refractivity contribution in [1.82, 2.24) is 19.9 Å². The van der Waals surface area contributed by atoms with E-state index in [1.54, 1.807) is 0 Å². The van der Waals surface area contributed by atoms with Crippen LogP contribution >= 0.6 is 0 Å². The van der Waals surface area contributed by atoms with Gasteiger partial charge >= 0.3 is 0 Å². The highest BCUT2D eigenvalue weighted by molar-refractivity contribution is 6.08. The van der Waals surface area contributed by atoms with Crippen LogP contribution < -0.4 is 0 Å². The van der Waals surface area contributed by atoms with Crippen molar-refractivity contribution in [3.8, 4) is 56.7 Å². The highest BCUT2D eigenvalue weighted by atomic mass is 16.4. The van der Waals surface area contributed by atoms with Crippen LogP contribution in [0, 0.1) is 0 Å². The second-order valence-corrected chi connectivity index (χ2v) is 12.6. The molecular formula is C41H30N4O. The van der Waals surface area contributed by atoms with Crippen molar-refractivity contribution in [3.63, 3.8) is 0 Å². The summed E-state index contributed by atoms with van der Waals surface area (Å²) in [4.78, 5) is 20.0. The summed E-state index contributed by atoms with van der Waals surface area (Å²) in [6.45, 7) is 4.61. The maximum atomic E-state index is 6.22. The summed E-state index contributed by atoms with van der Waals surface area (Å²) in [5.74, 6) is 3.54. The Labute approximate surface area is 267 Å². The summed E-state index contributed by atoms with van der Waals surface area (Å²) in [6.07, 6.45) is 6.12. The average Bonchev–Trinajstić information content (AvgIpc) is 3.65. The molecule has 5 heteroatoms. The number of rotatable bonds is 4. The number of oxazole rings is 1. The minimum Gasteiger partial charge on any atom is -0.436 e. The van der Waals surface area contributed by atoms with E-state index in [2.05, 4.69) is 68.5 Å². The van der Waals surface area contributed by atoms with Crippen LogP contribution in [0.25, 0.3) is 73.6 Å². The smallest absolute Gasteiger partial charge is 0.226 e. The van der Waals surface area contributed by atoms with Crippen LogP contribution in [0.5, 0.6) is 0 Å². The Hall–Kier alpha value is -5.68. The molecule has 2 aliphatic rings. The van der Waals surface area contributed by atoms with E-state index >= 15 is 0 Å². The van der Waals surface area contributed by atoms with Crippen LogP contribution in [0.4, 0.5) is 0 Å². The van der Waals surface area contributed by atoms with E-state index in [1.165, 1.54) is 27.6 Å². The number of hydrogen-bond acceptors (Lipinski definition) is 5. The molecule has 5 aromatic carbocycles. The molecule has 220 valence electrons. The van der Waals surface area contributed by atoms with Gasteiger partial charge in [0.25, 0.3) is 0 Å². The molecular weight excluding hydrogens is 564 g/mol. The van der Waals surface area contributed by atoms with Crippen molar-refractivity contribution in [2.75, 3.05) is 0 Å². The molecule has 0 saturated carbocycles. The summed E-state index contributed by atoms with van der Waals surface area (Å²) in [6, 6.07) is 37.9. The zero-order chi connectivity index (χ0) is 30.8. The molecule has 5 nitrogen and oxygen atoms in total. The van der Waals surface area contributed by atoms with Gasteiger partial charge in [0.1, 0.15) is 0 Å². The molecule has 0 aliphatic heterocycles. The molecule has 2 heterocycles. The molecule has 7 aromatic rings. The number of fused-ring (bicyclic) bond motifs is 6. The molecule has 0 fully saturated rings. The van der Waals surface area contributed by atoms with Crippen LogP contribution in [0.1, 0.15) is 42.8 Å². The van der Waals surface area contributed by atoms with Gasteiger partial charge in [0.15, 0.2) is 23.2 Å². The summed E-state index contributed by atoms with van der Waals surface area (Å²) in [5.41, 5.74) is 9.71. The lowest BCUT2D eigenvalue weighted by molar-refractivity contribution is 0.560. The Morgan fingerprint density at radius 2 is 1.24 bits per heavy atom. The summed E-state index contributed by atoms with van der Waals surface area (Å²) >= 11 is 0. The Kier molecular flexibility index (Phi) is 5.91. The number of allylic oxidation sites excluding steroid dienone is 1. The largest absolute Gasteiger partial charge is 0.436 e. The van der Waals surface area contributed by atoms with Gasteiger partial charge < -0.3 is 4.42 Å². The van der Waals surface area contributed by atoms with Gasteiger partial charge in [-0.25, -0.2) is 19.9 Å². The van der Waals surface area contributed by atoms with Crippen LogP contribution in [-0.2, 0) is 11.8 Å². The van der Waals surface area contributed by atoms with Crippen molar-refractivity contribution >= 4 is 16.8 Å². The number of hydrogen-bond donors (Lipinski definition) is 0. The van der Waals surface area contributed by atoms with E-state index in [9.17, 15) is 0 Å². The lowest BCUT2D eigenvalue weighted by Gasteiger charge is -2.23. The zero-order valence-electron chi connectivity index (χ0n) is 25.7. The van der Waals surface area contributed by atoms with E-state index < -0.39 is 0 Å².